The molecule has 2 heterocycles. The van der Waals surface area contributed by atoms with Crippen LogP contribution in [0.4, 0.5) is 14.9 Å². The number of benzene rings is 1. The van der Waals surface area contributed by atoms with Gasteiger partial charge in [0.05, 0.1) is 32.0 Å². The molecule has 0 bridgehead atoms. The Bertz CT molecular complexity index is 872. The zero-order valence-electron chi connectivity index (χ0n) is 14.4. The molecule has 1 aliphatic rings. The summed E-state index contributed by atoms with van der Waals surface area (Å²) < 4.78 is 18.2. The van der Waals surface area contributed by atoms with Crippen molar-refractivity contribution in [2.24, 2.45) is 0 Å². The van der Waals surface area contributed by atoms with Crippen LogP contribution >= 0.6 is 0 Å². The van der Waals surface area contributed by atoms with Gasteiger partial charge in [-0.3, -0.25) is 14.5 Å². The predicted octanol–water partition coefficient (Wildman–Crippen LogP) is 1.68. The van der Waals surface area contributed by atoms with Gasteiger partial charge in [-0.1, -0.05) is 12.1 Å². The van der Waals surface area contributed by atoms with Crippen molar-refractivity contribution in [3.8, 4) is 5.88 Å². The van der Waals surface area contributed by atoms with Crippen molar-refractivity contribution in [3.63, 3.8) is 0 Å². The highest BCUT2D eigenvalue weighted by molar-refractivity contribution is 6.06. The first-order valence-corrected chi connectivity index (χ1v) is 8.12. The number of anilines is 1. The number of methoxy groups -OCH3 is 1. The van der Waals surface area contributed by atoms with E-state index in [2.05, 4.69) is 15.6 Å². The fourth-order valence-electron chi connectivity index (χ4n) is 2.66. The van der Waals surface area contributed by atoms with Crippen molar-refractivity contribution < 1.29 is 23.5 Å². The van der Waals surface area contributed by atoms with E-state index in [1.165, 1.54) is 31.5 Å². The molecule has 27 heavy (non-hydrogen) atoms. The molecule has 2 aromatic rings. The number of imide groups is 1. The lowest BCUT2D eigenvalue weighted by Gasteiger charge is -2.13. The standard InChI is InChI=1S/C18H17FN4O4/c1-27-16-6-5-13(9-20-16)21-15(24)8-14-17(25)23(18(26)22-14)10-11-3-2-4-12(19)7-11/h2-7,9,14H,8,10H2,1H3,(H,21,24)(H,22,26)/t14-/m1/s1. The summed E-state index contributed by atoms with van der Waals surface area (Å²) in [4.78, 5) is 41.5. The zero-order valence-corrected chi connectivity index (χ0v) is 14.4. The third kappa shape index (κ3) is 4.38. The lowest BCUT2D eigenvalue weighted by molar-refractivity contribution is -0.130. The molecule has 2 N–H and O–H groups in total. The van der Waals surface area contributed by atoms with E-state index in [4.69, 9.17) is 4.74 Å². The lowest BCUT2D eigenvalue weighted by Crippen LogP contribution is -2.34. The number of halogens is 1. The lowest BCUT2D eigenvalue weighted by atomic mass is 10.1. The average molecular weight is 372 g/mol. The highest BCUT2D eigenvalue weighted by Gasteiger charge is 2.39. The first-order valence-electron chi connectivity index (χ1n) is 8.12. The minimum Gasteiger partial charge on any atom is -0.481 e. The van der Waals surface area contributed by atoms with Crippen LogP contribution in [0.3, 0.4) is 0 Å². The van der Waals surface area contributed by atoms with E-state index in [-0.39, 0.29) is 13.0 Å². The van der Waals surface area contributed by atoms with E-state index in [1.54, 1.807) is 18.2 Å². The van der Waals surface area contributed by atoms with E-state index in [0.29, 0.717) is 17.1 Å². The molecule has 1 fully saturated rings. The molecular formula is C18H17FN4O4. The second-order valence-electron chi connectivity index (χ2n) is 5.90. The van der Waals surface area contributed by atoms with Crippen molar-refractivity contribution >= 4 is 23.5 Å². The van der Waals surface area contributed by atoms with Crippen LogP contribution in [0.2, 0.25) is 0 Å². The summed E-state index contributed by atoms with van der Waals surface area (Å²) >= 11 is 0. The molecule has 1 aliphatic heterocycles. The summed E-state index contributed by atoms with van der Waals surface area (Å²) in [5.41, 5.74) is 0.919. The van der Waals surface area contributed by atoms with Gasteiger partial charge in [-0.15, -0.1) is 0 Å². The Morgan fingerprint density at radius 3 is 2.81 bits per heavy atom. The Morgan fingerprint density at radius 2 is 2.15 bits per heavy atom. The minimum atomic E-state index is -0.975. The molecule has 1 atom stereocenters. The Hall–Kier alpha value is -3.49. The third-order valence-corrected chi connectivity index (χ3v) is 3.96. The number of amides is 4. The van der Waals surface area contributed by atoms with Crippen LogP contribution in [0, 0.1) is 5.82 Å². The molecule has 9 heteroatoms. The van der Waals surface area contributed by atoms with Crippen molar-refractivity contribution in [1.82, 2.24) is 15.2 Å². The van der Waals surface area contributed by atoms with E-state index in [0.717, 1.165) is 4.90 Å². The Morgan fingerprint density at radius 1 is 1.33 bits per heavy atom. The van der Waals surface area contributed by atoms with Crippen LogP contribution in [-0.2, 0) is 16.1 Å². The van der Waals surface area contributed by atoms with Crippen LogP contribution in [0.15, 0.2) is 42.6 Å². The van der Waals surface area contributed by atoms with Crippen molar-refractivity contribution in [2.75, 3.05) is 12.4 Å². The van der Waals surface area contributed by atoms with E-state index in [1.807, 2.05) is 0 Å². The summed E-state index contributed by atoms with van der Waals surface area (Å²) in [6.07, 6.45) is 1.19. The normalized spacial score (nSPS) is 16.2. The minimum absolute atomic E-state index is 0.0665. The summed E-state index contributed by atoms with van der Waals surface area (Å²) in [6.45, 7) is -0.0665. The SMILES string of the molecule is COc1ccc(NC(=O)C[C@H]2NC(=O)N(Cc3cccc(F)c3)C2=O)cn1. The van der Waals surface area contributed by atoms with Gasteiger partial charge in [-0.25, -0.2) is 14.2 Å². The molecule has 0 spiro atoms. The van der Waals surface area contributed by atoms with Gasteiger partial charge in [-0.2, -0.15) is 0 Å². The first-order chi connectivity index (χ1) is 13.0. The average Bonchev–Trinajstić information content (AvgIpc) is 2.90. The molecule has 1 saturated heterocycles. The van der Waals surface area contributed by atoms with Crippen molar-refractivity contribution in [2.45, 2.75) is 19.0 Å². The number of carbonyl (C=O) groups is 3. The number of nitrogens with zero attached hydrogens (tertiary/aromatic N) is 2. The van der Waals surface area contributed by atoms with Crippen molar-refractivity contribution in [3.05, 3.63) is 54.0 Å². The highest BCUT2D eigenvalue weighted by Crippen LogP contribution is 2.16. The fourth-order valence-corrected chi connectivity index (χ4v) is 2.66. The molecule has 1 aromatic heterocycles. The number of urea groups is 1. The number of rotatable bonds is 6. The molecule has 0 saturated carbocycles. The Balaban J connectivity index is 1.59. The zero-order chi connectivity index (χ0) is 19.4. The number of pyridine rings is 1. The largest absolute Gasteiger partial charge is 0.481 e. The van der Waals surface area contributed by atoms with Gasteiger partial charge in [0.25, 0.3) is 5.91 Å². The van der Waals surface area contributed by atoms with Crippen LogP contribution in [0.5, 0.6) is 5.88 Å². The van der Waals surface area contributed by atoms with Crippen LogP contribution in [0.25, 0.3) is 0 Å². The maximum absolute atomic E-state index is 13.3. The topological polar surface area (TPSA) is 101 Å². The van der Waals surface area contributed by atoms with Crippen LogP contribution in [0.1, 0.15) is 12.0 Å². The van der Waals surface area contributed by atoms with E-state index in [9.17, 15) is 18.8 Å². The Kier molecular flexibility index (Phi) is 5.30. The number of nitrogens with one attached hydrogen (secondary N) is 2. The molecule has 0 aliphatic carbocycles. The van der Waals surface area contributed by atoms with Gasteiger partial charge in [0, 0.05) is 6.07 Å². The number of hydrogen-bond acceptors (Lipinski definition) is 5. The molecule has 0 radical (unpaired) electrons. The summed E-state index contributed by atoms with van der Waals surface area (Å²) in [5, 5.41) is 5.07. The summed E-state index contributed by atoms with van der Waals surface area (Å²) in [5.74, 6) is -1.04. The smallest absolute Gasteiger partial charge is 0.325 e. The van der Waals surface area contributed by atoms with E-state index < -0.39 is 29.7 Å². The van der Waals surface area contributed by atoms with Crippen LogP contribution in [-0.4, -0.2) is 40.9 Å². The maximum Gasteiger partial charge on any atom is 0.325 e. The molecule has 1 aromatic carbocycles. The fraction of sp³-hybridized carbons (Fsp3) is 0.222. The summed E-state index contributed by atoms with van der Waals surface area (Å²) in [7, 11) is 1.48. The quantitative estimate of drug-likeness (QED) is 0.752. The highest BCUT2D eigenvalue weighted by atomic mass is 19.1. The van der Waals surface area contributed by atoms with E-state index >= 15 is 0 Å². The van der Waals surface area contributed by atoms with Gasteiger partial charge in [-0.05, 0) is 23.8 Å². The molecule has 8 nitrogen and oxygen atoms in total. The van der Waals surface area contributed by atoms with Gasteiger partial charge in [0.15, 0.2) is 0 Å². The van der Waals surface area contributed by atoms with Gasteiger partial charge >= 0.3 is 6.03 Å². The second kappa shape index (κ2) is 7.81. The van der Waals surface area contributed by atoms with Crippen molar-refractivity contribution in [1.29, 1.82) is 0 Å². The molecule has 0 unspecified atom stereocenters. The number of hydrogen-bond donors (Lipinski definition) is 2. The molecule has 4 amide bonds. The second-order valence-corrected chi connectivity index (χ2v) is 5.90. The Labute approximate surface area is 154 Å². The predicted molar refractivity (Wildman–Crippen MR) is 93.3 cm³/mol. The maximum atomic E-state index is 13.3. The number of ether oxygens (including phenoxy) is 1. The van der Waals surface area contributed by atoms with Gasteiger partial charge in [0.2, 0.25) is 11.8 Å². The number of aromatic nitrogens is 1. The third-order valence-electron chi connectivity index (χ3n) is 3.96. The molecule has 140 valence electrons. The summed E-state index contributed by atoms with van der Waals surface area (Å²) in [6, 6.07) is 7.23. The van der Waals surface area contributed by atoms with Gasteiger partial charge < -0.3 is 15.4 Å². The molecular weight excluding hydrogens is 355 g/mol. The van der Waals surface area contributed by atoms with Crippen LogP contribution < -0.4 is 15.4 Å². The van der Waals surface area contributed by atoms with Gasteiger partial charge in [0.1, 0.15) is 11.9 Å². The number of carbonyl (C=O) groups excluding carboxylic acids is 3. The molecule has 3 rings (SSSR count). The monoisotopic (exact) mass is 372 g/mol. The first kappa shape index (κ1) is 18.3.